The zero-order valence-corrected chi connectivity index (χ0v) is 11.1. The van der Waals surface area contributed by atoms with E-state index in [1.54, 1.807) is 12.1 Å². The molecule has 0 aliphatic carbocycles. The molecule has 1 aromatic heterocycles. The van der Waals surface area contributed by atoms with Crippen LogP contribution in [0.5, 0.6) is 0 Å². The Hall–Kier alpha value is -1.57. The Bertz CT molecular complexity index is 603. The number of benzene rings is 1. The fourth-order valence-electron chi connectivity index (χ4n) is 1.63. The molecule has 1 atom stereocenters. The summed E-state index contributed by atoms with van der Waals surface area (Å²) in [5, 5.41) is 14.0. The van der Waals surface area contributed by atoms with Gasteiger partial charge in [0, 0.05) is 6.04 Å². The van der Waals surface area contributed by atoms with Gasteiger partial charge in [0.25, 0.3) is 0 Å². The van der Waals surface area contributed by atoms with E-state index in [-0.39, 0.29) is 11.6 Å². The minimum absolute atomic E-state index is 0.0330. The Labute approximate surface area is 114 Å². The van der Waals surface area contributed by atoms with Gasteiger partial charge in [-0.3, -0.25) is 0 Å². The van der Waals surface area contributed by atoms with Crippen LogP contribution in [0, 0.1) is 17.1 Å². The molecule has 1 heterocycles. The summed E-state index contributed by atoms with van der Waals surface area (Å²) in [5.41, 5.74) is 1.54. The average Bonchev–Trinajstić information content (AvgIpc) is 2.76. The van der Waals surface area contributed by atoms with E-state index in [0.717, 1.165) is 5.56 Å². The Morgan fingerprint density at radius 1 is 1.50 bits per heavy atom. The van der Waals surface area contributed by atoms with Crippen LogP contribution in [0.3, 0.4) is 0 Å². The lowest BCUT2D eigenvalue weighted by atomic mass is 10.1. The summed E-state index contributed by atoms with van der Waals surface area (Å²) in [6.45, 7) is 1.93. The zero-order valence-electron chi connectivity index (χ0n) is 9.58. The maximum Gasteiger partial charge on any atom is 0.143 e. The molecule has 92 valence electrons. The molecule has 18 heavy (non-hydrogen) atoms. The summed E-state index contributed by atoms with van der Waals surface area (Å²) < 4.78 is 14.1. The number of nitrogens with zero attached hydrogens (tertiary/aromatic N) is 1. The maximum atomic E-state index is 13.4. The third-order valence-corrected chi connectivity index (χ3v) is 3.69. The summed E-state index contributed by atoms with van der Waals surface area (Å²) in [6, 6.07) is 8.22. The lowest BCUT2D eigenvalue weighted by Gasteiger charge is -2.15. The van der Waals surface area contributed by atoms with Gasteiger partial charge < -0.3 is 5.32 Å². The van der Waals surface area contributed by atoms with Gasteiger partial charge in [-0.15, -0.1) is 11.3 Å². The normalized spacial score (nSPS) is 11.9. The van der Waals surface area contributed by atoms with Crippen molar-refractivity contribution in [1.82, 2.24) is 0 Å². The Balaban J connectivity index is 2.25. The van der Waals surface area contributed by atoms with E-state index in [2.05, 4.69) is 5.32 Å². The predicted molar refractivity (Wildman–Crippen MR) is 72.5 cm³/mol. The number of anilines is 1. The van der Waals surface area contributed by atoms with Crippen LogP contribution in [0.2, 0.25) is 4.34 Å². The van der Waals surface area contributed by atoms with Gasteiger partial charge in [0.1, 0.15) is 17.4 Å². The van der Waals surface area contributed by atoms with E-state index in [1.807, 2.05) is 24.4 Å². The molecule has 2 rings (SSSR count). The first-order valence-electron chi connectivity index (χ1n) is 5.31. The van der Waals surface area contributed by atoms with Crippen molar-refractivity contribution in [2.24, 2.45) is 0 Å². The number of halogens is 2. The van der Waals surface area contributed by atoms with Gasteiger partial charge in [-0.25, -0.2) is 4.39 Å². The van der Waals surface area contributed by atoms with Gasteiger partial charge in [-0.1, -0.05) is 17.7 Å². The third-order valence-electron chi connectivity index (χ3n) is 2.59. The fourth-order valence-corrected chi connectivity index (χ4v) is 2.61. The largest absolute Gasteiger partial charge is 0.377 e. The number of hydrogen-bond acceptors (Lipinski definition) is 3. The minimum atomic E-state index is -0.516. The number of hydrogen-bond donors (Lipinski definition) is 1. The van der Waals surface area contributed by atoms with Crippen molar-refractivity contribution in [3.05, 3.63) is 50.9 Å². The van der Waals surface area contributed by atoms with Gasteiger partial charge in [0.2, 0.25) is 0 Å². The molecule has 2 nitrogen and oxygen atoms in total. The van der Waals surface area contributed by atoms with E-state index < -0.39 is 5.82 Å². The second kappa shape index (κ2) is 5.38. The summed E-state index contributed by atoms with van der Waals surface area (Å²) in [5.74, 6) is -0.516. The number of nitrogens with one attached hydrogen (secondary N) is 1. The molecule has 2 aromatic rings. The van der Waals surface area contributed by atoms with Crippen molar-refractivity contribution in [3.8, 4) is 6.07 Å². The van der Waals surface area contributed by atoms with Crippen molar-refractivity contribution in [2.75, 3.05) is 5.32 Å². The van der Waals surface area contributed by atoms with E-state index in [4.69, 9.17) is 16.9 Å². The van der Waals surface area contributed by atoms with Crippen LogP contribution < -0.4 is 5.32 Å². The van der Waals surface area contributed by atoms with Gasteiger partial charge in [-0.05, 0) is 36.1 Å². The van der Waals surface area contributed by atoms with E-state index >= 15 is 0 Å². The highest BCUT2D eigenvalue weighted by atomic mass is 35.5. The highest BCUT2D eigenvalue weighted by molar-refractivity contribution is 7.14. The summed E-state index contributed by atoms with van der Waals surface area (Å²) in [7, 11) is 0. The molecule has 0 radical (unpaired) electrons. The van der Waals surface area contributed by atoms with Gasteiger partial charge in [0.15, 0.2) is 0 Å². The monoisotopic (exact) mass is 280 g/mol. The van der Waals surface area contributed by atoms with Crippen LogP contribution >= 0.6 is 22.9 Å². The molecular formula is C13H10ClFN2S. The molecule has 0 fully saturated rings. The van der Waals surface area contributed by atoms with Crippen LogP contribution in [0.25, 0.3) is 0 Å². The molecule has 0 aliphatic rings. The van der Waals surface area contributed by atoms with Crippen molar-refractivity contribution in [3.63, 3.8) is 0 Å². The van der Waals surface area contributed by atoms with E-state index in [0.29, 0.717) is 10.0 Å². The first-order valence-corrected chi connectivity index (χ1v) is 6.56. The molecule has 0 bridgehead atoms. The van der Waals surface area contributed by atoms with Crippen molar-refractivity contribution < 1.29 is 4.39 Å². The predicted octanol–water partition coefficient (Wildman–Crippen LogP) is 4.59. The second-order valence-electron chi connectivity index (χ2n) is 3.82. The molecule has 1 N–H and O–H groups in total. The molecule has 0 saturated carbocycles. The Morgan fingerprint density at radius 3 is 2.89 bits per heavy atom. The number of thiophene rings is 1. The summed E-state index contributed by atoms with van der Waals surface area (Å²) in [6.07, 6.45) is 0. The topological polar surface area (TPSA) is 35.8 Å². The highest BCUT2D eigenvalue weighted by Gasteiger charge is 2.12. The maximum absolute atomic E-state index is 13.4. The van der Waals surface area contributed by atoms with Crippen molar-refractivity contribution in [2.45, 2.75) is 13.0 Å². The molecular weight excluding hydrogens is 271 g/mol. The fraction of sp³-hybridized carbons (Fsp3) is 0.154. The van der Waals surface area contributed by atoms with Gasteiger partial charge in [-0.2, -0.15) is 5.26 Å². The molecule has 0 aliphatic heterocycles. The lowest BCUT2D eigenvalue weighted by molar-refractivity contribution is 0.624. The lowest BCUT2D eigenvalue weighted by Crippen LogP contribution is -2.07. The molecule has 1 aromatic carbocycles. The first-order chi connectivity index (χ1) is 8.61. The molecule has 0 spiro atoms. The quantitative estimate of drug-likeness (QED) is 0.893. The standard InChI is InChI=1S/C13H10ClFN2S/c1-8(9-5-13(14)18-7-9)17-12-4-2-3-11(15)10(12)6-16/h2-5,7-8,17H,1H3. The van der Waals surface area contributed by atoms with Gasteiger partial charge in [0.05, 0.1) is 10.0 Å². The third kappa shape index (κ3) is 2.63. The van der Waals surface area contributed by atoms with Crippen LogP contribution in [-0.4, -0.2) is 0 Å². The Morgan fingerprint density at radius 2 is 2.28 bits per heavy atom. The van der Waals surface area contributed by atoms with Crippen molar-refractivity contribution in [1.29, 1.82) is 5.26 Å². The average molecular weight is 281 g/mol. The molecule has 5 heteroatoms. The zero-order chi connectivity index (χ0) is 13.1. The molecule has 0 saturated heterocycles. The van der Waals surface area contributed by atoms with Crippen LogP contribution in [-0.2, 0) is 0 Å². The smallest absolute Gasteiger partial charge is 0.143 e. The number of rotatable bonds is 3. The second-order valence-corrected chi connectivity index (χ2v) is 5.37. The van der Waals surface area contributed by atoms with Crippen LogP contribution in [0.15, 0.2) is 29.6 Å². The number of nitriles is 1. The van der Waals surface area contributed by atoms with Crippen LogP contribution in [0.4, 0.5) is 10.1 Å². The first kappa shape index (κ1) is 12.9. The van der Waals surface area contributed by atoms with E-state index in [1.165, 1.54) is 17.4 Å². The summed E-state index contributed by atoms with van der Waals surface area (Å²) >= 11 is 7.31. The SMILES string of the molecule is CC(Nc1cccc(F)c1C#N)c1csc(Cl)c1. The van der Waals surface area contributed by atoms with Gasteiger partial charge >= 0.3 is 0 Å². The Kier molecular flexibility index (Phi) is 3.85. The molecule has 1 unspecified atom stereocenters. The highest BCUT2D eigenvalue weighted by Crippen LogP contribution is 2.28. The van der Waals surface area contributed by atoms with Crippen molar-refractivity contribution >= 4 is 28.6 Å². The minimum Gasteiger partial charge on any atom is -0.377 e. The van der Waals surface area contributed by atoms with Crippen LogP contribution in [0.1, 0.15) is 24.1 Å². The summed E-state index contributed by atoms with van der Waals surface area (Å²) in [4.78, 5) is 0. The van der Waals surface area contributed by atoms with E-state index in [9.17, 15) is 4.39 Å². The molecule has 0 amide bonds.